The minimum Gasteiger partial charge on any atom is -0.325 e. The van der Waals surface area contributed by atoms with Crippen LogP contribution in [0.2, 0.25) is 0 Å². The predicted octanol–water partition coefficient (Wildman–Crippen LogP) is 4.55. The minimum absolute atomic E-state index is 0.0725. The fourth-order valence-electron chi connectivity index (χ4n) is 3.51. The standard InChI is InChI=1S/C19H21F6N3O3/c1-3-5-17(6-4-2)15(30)28(16(31)27-17)10-14(29)26-13-8-11(18(20,21)22)7-12(9-13)19(23,24)25/h7-9H,3-6,10H2,1-2H3,(H,26,29)(H,27,31). The summed E-state index contributed by atoms with van der Waals surface area (Å²) in [7, 11) is 0. The van der Waals surface area contributed by atoms with Crippen LogP contribution in [0.25, 0.3) is 0 Å². The van der Waals surface area contributed by atoms with Crippen molar-refractivity contribution in [1.29, 1.82) is 0 Å². The van der Waals surface area contributed by atoms with Crippen LogP contribution in [0.15, 0.2) is 18.2 Å². The monoisotopic (exact) mass is 453 g/mol. The van der Waals surface area contributed by atoms with Gasteiger partial charge in [-0.1, -0.05) is 26.7 Å². The van der Waals surface area contributed by atoms with Crippen molar-refractivity contribution in [3.8, 4) is 0 Å². The lowest BCUT2D eigenvalue weighted by molar-refractivity contribution is -0.143. The van der Waals surface area contributed by atoms with E-state index in [0.29, 0.717) is 42.7 Å². The molecule has 12 heteroatoms. The van der Waals surface area contributed by atoms with Gasteiger partial charge in [-0.15, -0.1) is 0 Å². The van der Waals surface area contributed by atoms with Crippen molar-refractivity contribution in [2.45, 2.75) is 57.4 Å². The number of carbonyl (C=O) groups is 3. The van der Waals surface area contributed by atoms with E-state index in [9.17, 15) is 40.7 Å². The van der Waals surface area contributed by atoms with Gasteiger partial charge in [-0.25, -0.2) is 4.79 Å². The molecule has 1 saturated heterocycles. The molecule has 1 aromatic rings. The Morgan fingerprint density at radius 1 is 0.968 bits per heavy atom. The Morgan fingerprint density at radius 2 is 1.45 bits per heavy atom. The highest BCUT2D eigenvalue weighted by Crippen LogP contribution is 2.37. The molecule has 1 heterocycles. The van der Waals surface area contributed by atoms with Crippen molar-refractivity contribution in [3.63, 3.8) is 0 Å². The summed E-state index contributed by atoms with van der Waals surface area (Å²) < 4.78 is 77.7. The Labute approximate surface area is 174 Å². The number of amides is 4. The molecule has 0 aliphatic carbocycles. The number of rotatable bonds is 7. The molecule has 1 fully saturated rings. The second-order valence-corrected chi connectivity index (χ2v) is 7.25. The lowest BCUT2D eigenvalue weighted by Gasteiger charge is -2.25. The normalized spacial score (nSPS) is 16.5. The van der Waals surface area contributed by atoms with Gasteiger partial charge in [-0.3, -0.25) is 14.5 Å². The van der Waals surface area contributed by atoms with E-state index in [0.717, 1.165) is 0 Å². The Morgan fingerprint density at radius 3 is 1.87 bits per heavy atom. The summed E-state index contributed by atoms with van der Waals surface area (Å²) in [6, 6.07) is -0.228. The average Bonchev–Trinajstić information content (AvgIpc) is 2.85. The highest BCUT2D eigenvalue weighted by molar-refractivity contribution is 6.10. The van der Waals surface area contributed by atoms with Gasteiger partial charge in [0.05, 0.1) is 11.1 Å². The molecule has 1 aliphatic heterocycles. The molecule has 31 heavy (non-hydrogen) atoms. The number of hydrogen-bond acceptors (Lipinski definition) is 3. The SMILES string of the molecule is CCCC1(CCC)NC(=O)N(CC(=O)Nc2cc(C(F)(F)F)cc(C(F)(F)F)c2)C1=O. The van der Waals surface area contributed by atoms with Crippen LogP contribution in [0.5, 0.6) is 0 Å². The summed E-state index contributed by atoms with van der Waals surface area (Å²) in [6.07, 6.45) is -8.37. The molecule has 4 amide bonds. The molecule has 0 atom stereocenters. The number of nitrogens with one attached hydrogen (secondary N) is 2. The summed E-state index contributed by atoms with van der Waals surface area (Å²) in [4.78, 5) is 37.8. The van der Waals surface area contributed by atoms with Gasteiger partial charge in [0.25, 0.3) is 5.91 Å². The first-order valence-corrected chi connectivity index (χ1v) is 9.47. The van der Waals surface area contributed by atoms with E-state index in [-0.39, 0.29) is 6.07 Å². The number of imide groups is 1. The van der Waals surface area contributed by atoms with Crippen molar-refractivity contribution in [3.05, 3.63) is 29.3 Å². The van der Waals surface area contributed by atoms with Gasteiger partial charge in [-0.2, -0.15) is 26.3 Å². The van der Waals surface area contributed by atoms with E-state index in [1.807, 2.05) is 5.32 Å². The van der Waals surface area contributed by atoms with E-state index in [1.54, 1.807) is 13.8 Å². The van der Waals surface area contributed by atoms with Gasteiger partial charge in [0.1, 0.15) is 12.1 Å². The summed E-state index contributed by atoms with van der Waals surface area (Å²) in [6.45, 7) is 2.76. The molecule has 2 N–H and O–H groups in total. The highest BCUT2D eigenvalue weighted by Gasteiger charge is 2.50. The van der Waals surface area contributed by atoms with Gasteiger partial charge in [0.2, 0.25) is 5.91 Å². The van der Waals surface area contributed by atoms with Crippen molar-refractivity contribution >= 4 is 23.5 Å². The number of alkyl halides is 6. The topological polar surface area (TPSA) is 78.5 Å². The number of benzene rings is 1. The molecule has 2 rings (SSSR count). The minimum atomic E-state index is -5.08. The first-order chi connectivity index (χ1) is 14.2. The van der Waals surface area contributed by atoms with Crippen LogP contribution in [-0.4, -0.2) is 34.8 Å². The van der Waals surface area contributed by atoms with Crippen LogP contribution in [0.3, 0.4) is 0 Å². The van der Waals surface area contributed by atoms with Gasteiger partial charge in [0, 0.05) is 5.69 Å². The molecular weight excluding hydrogens is 432 g/mol. The Kier molecular flexibility index (Phi) is 6.91. The van der Waals surface area contributed by atoms with Crippen LogP contribution < -0.4 is 10.6 Å². The number of carbonyl (C=O) groups excluding carboxylic acids is 3. The predicted molar refractivity (Wildman–Crippen MR) is 97.9 cm³/mol. The average molecular weight is 453 g/mol. The van der Waals surface area contributed by atoms with Gasteiger partial charge < -0.3 is 10.6 Å². The van der Waals surface area contributed by atoms with Crippen LogP contribution in [0, 0.1) is 0 Å². The molecule has 1 aliphatic rings. The third kappa shape index (κ3) is 5.47. The van der Waals surface area contributed by atoms with Crippen molar-refractivity contribution in [2.75, 3.05) is 11.9 Å². The Bertz CT molecular complexity index is 828. The molecule has 172 valence electrons. The van der Waals surface area contributed by atoms with Gasteiger partial charge >= 0.3 is 18.4 Å². The maximum Gasteiger partial charge on any atom is 0.416 e. The van der Waals surface area contributed by atoms with E-state index in [1.165, 1.54) is 0 Å². The maximum atomic E-state index is 12.9. The zero-order chi connectivity index (χ0) is 23.6. The summed E-state index contributed by atoms with van der Waals surface area (Å²) >= 11 is 0. The van der Waals surface area contributed by atoms with Crippen LogP contribution in [-0.2, 0) is 21.9 Å². The van der Waals surface area contributed by atoms with Crippen molar-refractivity contribution in [2.24, 2.45) is 0 Å². The Hall–Kier alpha value is -2.79. The lowest BCUT2D eigenvalue weighted by atomic mass is 9.88. The third-order valence-corrected chi connectivity index (χ3v) is 4.77. The molecule has 0 saturated carbocycles. The Balaban J connectivity index is 2.24. The number of nitrogens with zero attached hydrogens (tertiary/aromatic N) is 1. The van der Waals surface area contributed by atoms with E-state index >= 15 is 0 Å². The lowest BCUT2D eigenvalue weighted by Crippen LogP contribution is -2.47. The molecule has 0 radical (unpaired) electrons. The third-order valence-electron chi connectivity index (χ3n) is 4.77. The molecular formula is C19H21F6N3O3. The first-order valence-electron chi connectivity index (χ1n) is 9.47. The fraction of sp³-hybridized carbons (Fsp3) is 0.526. The largest absolute Gasteiger partial charge is 0.416 e. The molecule has 0 spiro atoms. The molecule has 0 bridgehead atoms. The van der Waals surface area contributed by atoms with Crippen LogP contribution in [0.4, 0.5) is 36.8 Å². The van der Waals surface area contributed by atoms with E-state index in [4.69, 9.17) is 0 Å². The highest BCUT2D eigenvalue weighted by atomic mass is 19.4. The molecule has 1 aromatic carbocycles. The van der Waals surface area contributed by atoms with E-state index in [2.05, 4.69) is 5.32 Å². The van der Waals surface area contributed by atoms with Gasteiger partial charge in [-0.05, 0) is 31.0 Å². The van der Waals surface area contributed by atoms with Crippen molar-refractivity contribution < 1.29 is 40.7 Å². The quantitative estimate of drug-likeness (QED) is 0.470. The number of halogens is 6. The molecule has 0 unspecified atom stereocenters. The maximum absolute atomic E-state index is 12.9. The summed E-state index contributed by atoms with van der Waals surface area (Å²) in [5.74, 6) is -1.77. The first kappa shape index (κ1) is 24.5. The zero-order valence-electron chi connectivity index (χ0n) is 16.7. The smallest absolute Gasteiger partial charge is 0.325 e. The summed E-state index contributed by atoms with van der Waals surface area (Å²) in [5, 5.41) is 4.47. The van der Waals surface area contributed by atoms with Crippen molar-refractivity contribution in [1.82, 2.24) is 10.2 Å². The number of hydrogen-bond donors (Lipinski definition) is 2. The number of urea groups is 1. The van der Waals surface area contributed by atoms with Gasteiger partial charge in [0.15, 0.2) is 0 Å². The number of anilines is 1. The fourth-order valence-corrected chi connectivity index (χ4v) is 3.51. The van der Waals surface area contributed by atoms with Crippen LogP contribution >= 0.6 is 0 Å². The summed E-state index contributed by atoms with van der Waals surface area (Å²) in [5.41, 5.74) is -5.14. The molecule has 0 aromatic heterocycles. The van der Waals surface area contributed by atoms with E-state index < -0.39 is 59.1 Å². The zero-order valence-corrected chi connectivity index (χ0v) is 16.7. The second kappa shape index (κ2) is 8.75. The second-order valence-electron chi connectivity index (χ2n) is 7.25. The molecule has 6 nitrogen and oxygen atoms in total. The van der Waals surface area contributed by atoms with Crippen LogP contribution in [0.1, 0.15) is 50.7 Å².